The molecule has 292 valence electrons. The lowest BCUT2D eigenvalue weighted by molar-refractivity contribution is -0.155. The van der Waals surface area contributed by atoms with Crippen molar-refractivity contribution in [3.8, 4) is 0 Å². The van der Waals surface area contributed by atoms with Gasteiger partial charge in [0.2, 0.25) is 0 Å². The molecule has 6 nitrogen and oxygen atoms in total. The maximum Gasteiger partial charge on any atom is 0.309 e. The first-order chi connectivity index (χ1) is 24.4. The number of hydrogen-bond donors (Lipinski definition) is 0. The standard InChI is InChI=1S/C45H77NO5/c1-9-10-27-50-43(48)31-37(51-42(47)19-15-26-46(7)8)18-12-11-13-28-49-36-24-25-45(6)35(30-36)20-21-39-40-23-22-38(33(4)17-14-16-32(2)3)44(40)34(5)29-41(39)45/h9-10,20,32-34,36-41,44H,11-19,21-31H2,1-8H3/b10-9-/t33-,34-,36+,37?,38-,39?,40?,41?,44?,45+/m1/s1. The lowest BCUT2D eigenvalue weighted by Crippen LogP contribution is -2.50. The van der Waals surface area contributed by atoms with E-state index in [9.17, 15) is 9.59 Å². The minimum Gasteiger partial charge on any atom is -0.462 e. The van der Waals surface area contributed by atoms with Crippen LogP contribution in [0.15, 0.2) is 23.8 Å². The van der Waals surface area contributed by atoms with E-state index in [0.717, 1.165) is 92.6 Å². The molecule has 0 radical (unpaired) electrons. The van der Waals surface area contributed by atoms with Crippen molar-refractivity contribution in [3.63, 3.8) is 0 Å². The van der Waals surface area contributed by atoms with Gasteiger partial charge in [0.05, 0.1) is 12.5 Å². The molecule has 0 aromatic carbocycles. The van der Waals surface area contributed by atoms with Crippen LogP contribution in [0.4, 0.5) is 0 Å². The van der Waals surface area contributed by atoms with Crippen LogP contribution in [0.5, 0.6) is 0 Å². The van der Waals surface area contributed by atoms with Crippen LogP contribution in [0.1, 0.15) is 151 Å². The first-order valence-corrected chi connectivity index (χ1v) is 21.3. The molecule has 0 aromatic heterocycles. The number of hydrogen-bond acceptors (Lipinski definition) is 6. The Kier molecular flexibility index (Phi) is 17.1. The maximum absolute atomic E-state index is 12.5. The second-order valence-electron chi connectivity index (χ2n) is 18.2. The zero-order valence-corrected chi connectivity index (χ0v) is 34.1. The Morgan fingerprint density at radius 3 is 2.53 bits per heavy atom. The van der Waals surface area contributed by atoms with Crippen molar-refractivity contribution in [2.75, 3.05) is 33.9 Å². The maximum atomic E-state index is 12.5. The summed E-state index contributed by atoms with van der Waals surface area (Å²) >= 11 is 0. The highest BCUT2D eigenvalue weighted by atomic mass is 16.6. The van der Waals surface area contributed by atoms with Gasteiger partial charge < -0.3 is 19.1 Å². The summed E-state index contributed by atoms with van der Waals surface area (Å²) in [6.07, 6.45) is 24.5. The molecule has 0 heterocycles. The van der Waals surface area contributed by atoms with Crippen LogP contribution < -0.4 is 0 Å². The van der Waals surface area contributed by atoms with E-state index in [1.165, 1.54) is 57.8 Å². The molecule has 6 heteroatoms. The number of carbonyl (C=O) groups is 2. The Bertz CT molecular complexity index is 1130. The van der Waals surface area contributed by atoms with Crippen LogP contribution >= 0.6 is 0 Å². The summed E-state index contributed by atoms with van der Waals surface area (Å²) in [4.78, 5) is 27.0. The van der Waals surface area contributed by atoms with E-state index in [4.69, 9.17) is 14.2 Å². The average molecular weight is 712 g/mol. The van der Waals surface area contributed by atoms with Crippen LogP contribution in [0.25, 0.3) is 0 Å². The van der Waals surface area contributed by atoms with Crippen LogP contribution in [-0.2, 0) is 23.8 Å². The van der Waals surface area contributed by atoms with E-state index in [1.54, 1.807) is 11.6 Å². The second kappa shape index (κ2) is 20.7. The lowest BCUT2D eigenvalue weighted by atomic mass is 9.48. The zero-order chi connectivity index (χ0) is 37.0. The van der Waals surface area contributed by atoms with Crippen molar-refractivity contribution in [1.29, 1.82) is 0 Å². The van der Waals surface area contributed by atoms with Gasteiger partial charge in [-0.25, -0.2) is 0 Å². The number of rotatable bonds is 21. The molecular formula is C45H77NO5. The predicted octanol–water partition coefficient (Wildman–Crippen LogP) is 10.6. The Labute approximate surface area is 313 Å². The number of carbonyl (C=O) groups excluding carboxylic acids is 2. The molecule has 0 saturated heterocycles. The number of allylic oxidation sites excluding steroid dienone is 2. The number of ether oxygens (including phenoxy) is 3. The molecule has 0 bridgehead atoms. The Balaban J connectivity index is 1.21. The van der Waals surface area contributed by atoms with E-state index in [2.05, 4.69) is 45.6 Å². The smallest absolute Gasteiger partial charge is 0.309 e. The quantitative estimate of drug-likeness (QED) is 0.0671. The Morgan fingerprint density at radius 1 is 0.980 bits per heavy atom. The molecule has 0 amide bonds. The molecule has 10 atom stereocenters. The van der Waals surface area contributed by atoms with Crippen molar-refractivity contribution in [1.82, 2.24) is 4.90 Å². The topological polar surface area (TPSA) is 65.1 Å². The number of fused-ring (bicyclic) bond motifs is 5. The molecule has 4 aliphatic carbocycles. The summed E-state index contributed by atoms with van der Waals surface area (Å²) in [6.45, 7) is 16.3. The summed E-state index contributed by atoms with van der Waals surface area (Å²) in [5, 5.41) is 0. The van der Waals surface area contributed by atoms with Crippen LogP contribution in [0.2, 0.25) is 0 Å². The monoisotopic (exact) mass is 712 g/mol. The molecule has 0 spiro atoms. The minimum absolute atomic E-state index is 0.115. The number of unbranched alkanes of at least 4 members (excludes halogenated alkanes) is 2. The SMILES string of the molecule is C/C=C\COC(=O)CC(CCCCCO[C@H]1CC[C@@]2(C)C(=CCC3C4CC[C@H]([C@H](C)CCCC(C)C)C4[C@H](C)CC32)C1)OC(=O)CCCN(C)C. The number of nitrogens with zero attached hydrogens (tertiary/aromatic N) is 1. The molecular weight excluding hydrogens is 634 g/mol. The molecule has 5 unspecified atom stereocenters. The summed E-state index contributed by atoms with van der Waals surface area (Å²) in [5.74, 6) is 6.61. The summed E-state index contributed by atoms with van der Waals surface area (Å²) in [6, 6.07) is 0. The zero-order valence-electron chi connectivity index (χ0n) is 34.1. The summed E-state index contributed by atoms with van der Waals surface area (Å²) in [5.41, 5.74) is 2.06. The van der Waals surface area contributed by atoms with Gasteiger partial charge in [-0.3, -0.25) is 9.59 Å². The van der Waals surface area contributed by atoms with Gasteiger partial charge in [-0.2, -0.15) is 0 Å². The van der Waals surface area contributed by atoms with Crippen molar-refractivity contribution in [2.45, 2.75) is 163 Å². The fourth-order valence-electron chi connectivity index (χ4n) is 11.0. The van der Waals surface area contributed by atoms with E-state index in [-0.39, 0.29) is 25.0 Å². The highest BCUT2D eigenvalue weighted by Gasteiger charge is 2.56. The molecule has 0 N–H and O–H groups in total. The molecule has 51 heavy (non-hydrogen) atoms. The fraction of sp³-hybridized carbons (Fsp3) is 0.867. The van der Waals surface area contributed by atoms with E-state index >= 15 is 0 Å². The largest absolute Gasteiger partial charge is 0.462 e. The first-order valence-electron chi connectivity index (χ1n) is 21.3. The highest BCUT2D eigenvalue weighted by molar-refractivity contribution is 5.72. The molecule has 3 fully saturated rings. The molecule has 4 rings (SSSR count). The normalized spacial score (nSPS) is 31.6. The van der Waals surface area contributed by atoms with Gasteiger partial charge in [0, 0.05) is 13.0 Å². The second-order valence-corrected chi connectivity index (χ2v) is 18.2. The van der Waals surface area contributed by atoms with Gasteiger partial charge in [-0.05, 0) is 151 Å². The van der Waals surface area contributed by atoms with Gasteiger partial charge in [0.1, 0.15) is 12.7 Å². The third-order valence-corrected chi connectivity index (χ3v) is 13.7. The van der Waals surface area contributed by atoms with Crippen molar-refractivity contribution in [3.05, 3.63) is 23.8 Å². The Hall–Kier alpha value is -1.66. The molecule has 3 saturated carbocycles. The lowest BCUT2D eigenvalue weighted by Gasteiger charge is -2.57. The number of esters is 2. The van der Waals surface area contributed by atoms with Crippen molar-refractivity contribution < 1.29 is 23.8 Å². The van der Waals surface area contributed by atoms with E-state index in [0.29, 0.717) is 24.4 Å². The van der Waals surface area contributed by atoms with Crippen LogP contribution in [0.3, 0.4) is 0 Å². The van der Waals surface area contributed by atoms with Crippen LogP contribution in [0, 0.1) is 52.8 Å². The van der Waals surface area contributed by atoms with Gasteiger partial charge in [-0.1, -0.05) is 84.1 Å². The van der Waals surface area contributed by atoms with Gasteiger partial charge in [0.25, 0.3) is 0 Å². The average Bonchev–Trinajstić information content (AvgIpc) is 3.53. The van der Waals surface area contributed by atoms with E-state index in [1.807, 2.05) is 27.1 Å². The third kappa shape index (κ3) is 12.2. The van der Waals surface area contributed by atoms with Crippen molar-refractivity contribution in [2.24, 2.45) is 52.8 Å². The molecule has 4 aliphatic rings. The Morgan fingerprint density at radius 2 is 1.78 bits per heavy atom. The fourth-order valence-corrected chi connectivity index (χ4v) is 11.0. The predicted molar refractivity (Wildman–Crippen MR) is 209 cm³/mol. The minimum atomic E-state index is -0.431. The van der Waals surface area contributed by atoms with Gasteiger partial charge in [0.15, 0.2) is 0 Å². The third-order valence-electron chi connectivity index (χ3n) is 13.7. The van der Waals surface area contributed by atoms with Crippen LogP contribution in [-0.4, -0.2) is 62.9 Å². The summed E-state index contributed by atoms with van der Waals surface area (Å²) < 4.78 is 17.6. The molecule has 0 aliphatic heterocycles. The molecule has 0 aromatic rings. The van der Waals surface area contributed by atoms with Gasteiger partial charge in [-0.15, -0.1) is 0 Å². The van der Waals surface area contributed by atoms with E-state index < -0.39 is 6.10 Å². The first kappa shape index (κ1) is 42.1. The highest BCUT2D eigenvalue weighted by Crippen LogP contribution is 2.64. The van der Waals surface area contributed by atoms with Gasteiger partial charge >= 0.3 is 11.9 Å². The summed E-state index contributed by atoms with van der Waals surface area (Å²) in [7, 11) is 3.99. The van der Waals surface area contributed by atoms with Crippen molar-refractivity contribution >= 4 is 11.9 Å².